The standard InChI is InChI=1S/C47H33N5/c1-2-10-20-36(21-11-3-1)51-41-24-14-12-22-37(41)39-30-31-40-38-23-13-15-25-42(38)52(44(40)43(39)51)47-49-45(34-18-8-5-9-19-34)48-46(50-47)35-28-26-33(27-29-35)32-16-6-4-7-17-32/h4-8,10,12-18,20-31H,2,9,11,19H2/b20-10-,36-21+. The van der Waals surface area contributed by atoms with E-state index in [1.165, 1.54) is 16.3 Å². The predicted molar refractivity (Wildman–Crippen MR) is 215 cm³/mol. The predicted octanol–water partition coefficient (Wildman–Crippen LogP) is 11.3. The molecule has 3 aromatic heterocycles. The molecule has 0 bridgehead atoms. The monoisotopic (exact) mass is 667 g/mol. The van der Waals surface area contributed by atoms with E-state index in [9.17, 15) is 0 Å². The van der Waals surface area contributed by atoms with Crippen LogP contribution in [0.3, 0.4) is 0 Å². The van der Waals surface area contributed by atoms with Gasteiger partial charge in [0.2, 0.25) is 5.95 Å². The lowest BCUT2D eigenvalue weighted by Crippen LogP contribution is -2.09. The summed E-state index contributed by atoms with van der Waals surface area (Å²) in [6, 6.07) is 40.8. The van der Waals surface area contributed by atoms with Crippen molar-refractivity contribution in [3.63, 3.8) is 0 Å². The number of benzene rings is 5. The molecule has 0 unspecified atom stereocenters. The highest BCUT2D eigenvalue weighted by molar-refractivity contribution is 6.24. The molecule has 0 N–H and O–H groups in total. The molecule has 246 valence electrons. The number of allylic oxidation sites excluding steroid dienone is 8. The number of nitrogens with zero attached hydrogens (tertiary/aromatic N) is 5. The fourth-order valence-corrected chi connectivity index (χ4v) is 7.72. The molecule has 3 heterocycles. The topological polar surface area (TPSA) is 48.5 Å². The summed E-state index contributed by atoms with van der Waals surface area (Å²) in [4.78, 5) is 15.7. The summed E-state index contributed by atoms with van der Waals surface area (Å²) in [7, 11) is 0. The Labute approximate surface area is 301 Å². The second-order valence-corrected chi connectivity index (χ2v) is 13.2. The van der Waals surface area contributed by atoms with E-state index in [1.54, 1.807) is 0 Å². The van der Waals surface area contributed by atoms with E-state index in [0.29, 0.717) is 24.0 Å². The number of hydrogen-bond donors (Lipinski definition) is 0. The number of hydrogen-bond acceptors (Lipinski definition) is 3. The van der Waals surface area contributed by atoms with Gasteiger partial charge in [-0.3, -0.25) is 4.57 Å². The van der Waals surface area contributed by atoms with Crippen LogP contribution in [0.4, 0.5) is 0 Å². The molecular weight excluding hydrogens is 635 g/mol. The van der Waals surface area contributed by atoms with Crippen LogP contribution in [0.2, 0.25) is 0 Å². The van der Waals surface area contributed by atoms with Crippen LogP contribution in [0, 0.1) is 11.8 Å². The van der Waals surface area contributed by atoms with E-state index in [1.807, 2.05) is 6.07 Å². The van der Waals surface area contributed by atoms with Crippen molar-refractivity contribution in [3.05, 3.63) is 158 Å². The second kappa shape index (κ2) is 12.5. The van der Waals surface area contributed by atoms with Gasteiger partial charge < -0.3 is 4.57 Å². The molecule has 5 heteroatoms. The minimum atomic E-state index is 0.603. The first-order chi connectivity index (χ1) is 25.8. The largest absolute Gasteiger partial charge is 0.307 e. The fourth-order valence-electron chi connectivity index (χ4n) is 7.72. The highest BCUT2D eigenvalue weighted by Crippen LogP contribution is 2.42. The normalized spacial score (nSPS) is 15.9. The number of aromatic nitrogens is 5. The summed E-state index contributed by atoms with van der Waals surface area (Å²) in [6.45, 7) is 0. The summed E-state index contributed by atoms with van der Waals surface area (Å²) in [5.74, 6) is 8.51. The lowest BCUT2D eigenvalue weighted by atomic mass is 10.0. The van der Waals surface area contributed by atoms with Crippen LogP contribution in [0.5, 0.6) is 0 Å². The van der Waals surface area contributed by atoms with Crippen molar-refractivity contribution in [2.24, 2.45) is 0 Å². The molecule has 0 atom stereocenters. The fraction of sp³-hybridized carbons (Fsp3) is 0.0851. The lowest BCUT2D eigenvalue weighted by molar-refractivity contribution is 0.914. The van der Waals surface area contributed by atoms with E-state index in [4.69, 9.17) is 15.0 Å². The molecule has 0 fully saturated rings. The molecule has 5 aromatic carbocycles. The maximum absolute atomic E-state index is 5.31. The minimum absolute atomic E-state index is 0.603. The maximum Gasteiger partial charge on any atom is 0.238 e. The molecule has 52 heavy (non-hydrogen) atoms. The molecule has 8 aromatic rings. The molecule has 0 spiro atoms. The average molecular weight is 668 g/mol. The Kier molecular flexibility index (Phi) is 7.25. The summed E-state index contributed by atoms with van der Waals surface area (Å²) >= 11 is 0. The molecule has 2 aliphatic carbocycles. The van der Waals surface area contributed by atoms with Gasteiger partial charge in [-0.05, 0) is 53.8 Å². The average Bonchev–Trinajstić information content (AvgIpc) is 3.72. The molecule has 2 aliphatic rings. The van der Waals surface area contributed by atoms with Crippen LogP contribution in [0.25, 0.3) is 83.3 Å². The lowest BCUT2D eigenvalue weighted by Gasteiger charge is -2.15. The summed E-state index contributed by atoms with van der Waals surface area (Å²) in [5, 5.41) is 4.69. The molecule has 10 rings (SSSR count). The van der Waals surface area contributed by atoms with E-state index in [0.717, 1.165) is 74.5 Å². The Balaban J connectivity index is 1.29. The third-order valence-electron chi connectivity index (χ3n) is 10.1. The molecule has 5 nitrogen and oxygen atoms in total. The first kappa shape index (κ1) is 30.1. The van der Waals surface area contributed by atoms with Crippen molar-refractivity contribution in [3.8, 4) is 40.3 Å². The van der Waals surface area contributed by atoms with Crippen LogP contribution < -0.4 is 0 Å². The Hall–Kier alpha value is -6.77. The highest BCUT2D eigenvalue weighted by atomic mass is 15.2. The number of rotatable bonds is 5. The third kappa shape index (κ3) is 5.00. The van der Waals surface area contributed by atoms with Crippen molar-refractivity contribution in [2.75, 3.05) is 0 Å². The van der Waals surface area contributed by atoms with Gasteiger partial charge >= 0.3 is 0 Å². The summed E-state index contributed by atoms with van der Waals surface area (Å²) < 4.78 is 4.67. The van der Waals surface area contributed by atoms with Crippen molar-refractivity contribution in [1.82, 2.24) is 24.1 Å². The van der Waals surface area contributed by atoms with Gasteiger partial charge in [0.05, 0.1) is 22.1 Å². The van der Waals surface area contributed by atoms with Crippen LogP contribution >= 0.6 is 0 Å². The minimum Gasteiger partial charge on any atom is -0.307 e. The SMILES string of the molecule is C1#CC/C=C(n2c3ccccc3c3ccc4c5ccccc5n(-c5nc(C6=CC=CCC6)nc(-c6ccc(-c7ccccc7)cc6)n5)c4c32)\C=C/C1. The molecular formula is C47H33N5. The first-order valence-electron chi connectivity index (χ1n) is 17.9. The molecule has 0 aliphatic heterocycles. The molecule has 0 amide bonds. The van der Waals surface area contributed by atoms with E-state index < -0.39 is 0 Å². The molecule has 0 saturated carbocycles. The van der Waals surface area contributed by atoms with Gasteiger partial charge in [-0.15, -0.1) is 0 Å². The van der Waals surface area contributed by atoms with Crippen LogP contribution in [0.15, 0.2) is 152 Å². The first-order valence-corrected chi connectivity index (χ1v) is 17.9. The van der Waals surface area contributed by atoms with Crippen LogP contribution in [-0.4, -0.2) is 24.1 Å². The van der Waals surface area contributed by atoms with Crippen LogP contribution in [-0.2, 0) is 0 Å². The van der Waals surface area contributed by atoms with Gasteiger partial charge in [-0.2, -0.15) is 9.97 Å². The Morgan fingerprint density at radius 3 is 1.90 bits per heavy atom. The summed E-state index contributed by atoms with van der Waals surface area (Å²) in [6.07, 6.45) is 16.3. The number of para-hydroxylation sites is 2. The number of fused-ring (bicyclic) bond motifs is 7. The van der Waals surface area contributed by atoms with E-state index in [2.05, 4.69) is 167 Å². The van der Waals surface area contributed by atoms with E-state index in [-0.39, 0.29) is 0 Å². The van der Waals surface area contributed by atoms with Gasteiger partial charge in [-0.25, -0.2) is 4.98 Å². The zero-order valence-corrected chi connectivity index (χ0v) is 28.5. The Morgan fingerprint density at radius 2 is 1.15 bits per heavy atom. The quantitative estimate of drug-likeness (QED) is 0.172. The zero-order valence-electron chi connectivity index (χ0n) is 28.5. The van der Waals surface area contributed by atoms with Crippen molar-refractivity contribution < 1.29 is 0 Å². The van der Waals surface area contributed by atoms with E-state index >= 15 is 0 Å². The Morgan fingerprint density at radius 1 is 0.519 bits per heavy atom. The van der Waals surface area contributed by atoms with Crippen molar-refractivity contribution in [1.29, 1.82) is 0 Å². The van der Waals surface area contributed by atoms with Gasteiger partial charge in [0.15, 0.2) is 11.6 Å². The molecule has 0 radical (unpaired) electrons. The zero-order chi connectivity index (χ0) is 34.4. The maximum atomic E-state index is 5.31. The Bertz CT molecular complexity index is 2890. The molecule has 0 saturated heterocycles. The highest BCUT2D eigenvalue weighted by Gasteiger charge is 2.24. The van der Waals surface area contributed by atoms with Gasteiger partial charge in [0, 0.05) is 45.6 Å². The second-order valence-electron chi connectivity index (χ2n) is 13.2. The summed E-state index contributed by atoms with van der Waals surface area (Å²) in [5.41, 5.74) is 9.89. The smallest absolute Gasteiger partial charge is 0.238 e. The van der Waals surface area contributed by atoms with Gasteiger partial charge in [0.1, 0.15) is 0 Å². The van der Waals surface area contributed by atoms with Crippen LogP contribution in [0.1, 0.15) is 31.5 Å². The van der Waals surface area contributed by atoms with Gasteiger partial charge in [-0.1, -0.05) is 139 Å². The third-order valence-corrected chi connectivity index (χ3v) is 10.1. The van der Waals surface area contributed by atoms with Gasteiger partial charge in [0.25, 0.3) is 0 Å². The van der Waals surface area contributed by atoms with Crippen molar-refractivity contribution in [2.45, 2.75) is 25.7 Å². The van der Waals surface area contributed by atoms with Crippen molar-refractivity contribution >= 4 is 54.9 Å².